The van der Waals surface area contributed by atoms with Gasteiger partial charge in [0.05, 0.1) is 11.2 Å². The van der Waals surface area contributed by atoms with Gasteiger partial charge in [0.2, 0.25) is 5.91 Å². The molecule has 1 aromatic carbocycles. The number of rotatable bonds is 2. The molecule has 2 heterocycles. The predicted molar refractivity (Wildman–Crippen MR) is 88.5 cm³/mol. The number of carbonyl (C=O) groups excluding carboxylic acids is 1. The first-order valence-corrected chi connectivity index (χ1v) is 8.13. The van der Waals surface area contributed by atoms with Gasteiger partial charge in [0.15, 0.2) is 5.41 Å². The molecule has 2 aliphatic heterocycles. The number of alkyl halides is 3. The van der Waals surface area contributed by atoms with Crippen molar-refractivity contribution in [1.29, 1.82) is 0 Å². The van der Waals surface area contributed by atoms with Crippen LogP contribution in [0.15, 0.2) is 24.3 Å². The Bertz CT molecular complexity index is 703. The summed E-state index contributed by atoms with van der Waals surface area (Å²) < 4.78 is 54.1. The van der Waals surface area contributed by atoms with Crippen LogP contribution in [0, 0.1) is 0 Å². The molecular weight excluding hydrogens is 334 g/mol. The quantitative estimate of drug-likeness (QED) is 0.762. The monoisotopic (exact) mass is 355 g/mol. The minimum Gasteiger partial charge on any atom is -0.403 e. The molecule has 3 rings (SSSR count). The number of carbonyl (C=O) groups is 1. The highest BCUT2D eigenvalue weighted by molar-refractivity contribution is 6.47. The summed E-state index contributed by atoms with van der Waals surface area (Å²) in [6, 6.07) is 6.00. The van der Waals surface area contributed by atoms with Crippen LogP contribution in [0.2, 0.25) is 6.32 Å². The van der Waals surface area contributed by atoms with Gasteiger partial charge in [0, 0.05) is 19.1 Å². The molecule has 1 amide bonds. The van der Waals surface area contributed by atoms with E-state index in [1.807, 2.05) is 0 Å². The van der Waals surface area contributed by atoms with Gasteiger partial charge in [0.25, 0.3) is 0 Å². The highest BCUT2D eigenvalue weighted by Crippen LogP contribution is 2.55. The number of fused-ring (bicyclic) bond motifs is 1. The number of anilines is 1. The van der Waals surface area contributed by atoms with E-state index in [1.165, 1.54) is 25.2 Å². The van der Waals surface area contributed by atoms with Gasteiger partial charge in [-0.2, -0.15) is 13.2 Å². The molecule has 4 nitrogen and oxygen atoms in total. The summed E-state index contributed by atoms with van der Waals surface area (Å²) in [5, 5.41) is 0. The molecule has 1 atom stereocenters. The van der Waals surface area contributed by atoms with Crippen molar-refractivity contribution in [2.45, 2.75) is 56.8 Å². The zero-order valence-corrected chi connectivity index (χ0v) is 14.9. The number of hydrogen-bond donors (Lipinski definition) is 0. The second-order valence-corrected chi connectivity index (χ2v) is 7.67. The largest absolute Gasteiger partial charge is 0.459 e. The van der Waals surface area contributed by atoms with Crippen molar-refractivity contribution in [2.24, 2.45) is 0 Å². The van der Waals surface area contributed by atoms with Crippen molar-refractivity contribution in [1.82, 2.24) is 0 Å². The van der Waals surface area contributed by atoms with Crippen molar-refractivity contribution < 1.29 is 27.3 Å². The van der Waals surface area contributed by atoms with Crippen molar-refractivity contribution in [2.75, 3.05) is 11.9 Å². The van der Waals surface area contributed by atoms with Gasteiger partial charge in [-0.05, 0) is 39.3 Å². The second kappa shape index (κ2) is 5.24. The molecule has 0 saturated carbocycles. The van der Waals surface area contributed by atoms with Crippen LogP contribution in [0.3, 0.4) is 0 Å². The van der Waals surface area contributed by atoms with Crippen molar-refractivity contribution in [3.05, 3.63) is 29.8 Å². The SMILES string of the molecule is CN1C(=O)[C@@](CB2OC(C)(C)C(C)(C)O2)(C(F)(F)F)c2ccccc21. The van der Waals surface area contributed by atoms with Crippen LogP contribution in [0.5, 0.6) is 0 Å². The second-order valence-electron chi connectivity index (χ2n) is 7.67. The normalized spacial score (nSPS) is 27.8. The Hall–Kier alpha value is -1.54. The van der Waals surface area contributed by atoms with Gasteiger partial charge in [-0.1, -0.05) is 18.2 Å². The Morgan fingerprint density at radius 3 is 2.12 bits per heavy atom. The number of likely N-dealkylation sites (N-methyl/N-ethyl adjacent to an activating group) is 1. The molecule has 1 aromatic rings. The van der Waals surface area contributed by atoms with Gasteiger partial charge in [-0.25, -0.2) is 0 Å². The van der Waals surface area contributed by atoms with E-state index in [9.17, 15) is 18.0 Å². The van der Waals surface area contributed by atoms with Crippen molar-refractivity contribution in [3.8, 4) is 0 Å². The van der Waals surface area contributed by atoms with Crippen LogP contribution in [-0.4, -0.2) is 37.5 Å². The molecule has 0 unspecified atom stereocenters. The molecule has 8 heteroatoms. The predicted octanol–water partition coefficient (Wildman–Crippen LogP) is 3.56. The lowest BCUT2D eigenvalue weighted by Crippen LogP contribution is -2.52. The molecule has 136 valence electrons. The smallest absolute Gasteiger partial charge is 0.403 e. The number of para-hydroxylation sites is 1. The molecule has 0 spiro atoms. The van der Waals surface area contributed by atoms with Crippen molar-refractivity contribution in [3.63, 3.8) is 0 Å². The van der Waals surface area contributed by atoms with E-state index in [0.717, 1.165) is 4.90 Å². The van der Waals surface area contributed by atoms with Gasteiger partial charge < -0.3 is 14.2 Å². The third-order valence-electron chi connectivity index (χ3n) is 5.65. The molecule has 0 bridgehead atoms. The van der Waals surface area contributed by atoms with Gasteiger partial charge in [0.1, 0.15) is 0 Å². The molecule has 0 aliphatic carbocycles. The van der Waals surface area contributed by atoms with Crippen LogP contribution in [0.1, 0.15) is 33.3 Å². The number of amides is 1. The van der Waals surface area contributed by atoms with Crippen molar-refractivity contribution >= 4 is 18.7 Å². The van der Waals surface area contributed by atoms with E-state index < -0.39 is 42.1 Å². The first-order valence-electron chi connectivity index (χ1n) is 8.13. The summed E-state index contributed by atoms with van der Waals surface area (Å²) in [5.41, 5.74) is -3.99. The van der Waals surface area contributed by atoms with Crippen LogP contribution >= 0.6 is 0 Å². The minimum atomic E-state index is -4.77. The molecule has 25 heavy (non-hydrogen) atoms. The van der Waals surface area contributed by atoms with Crippen LogP contribution < -0.4 is 4.90 Å². The lowest BCUT2D eigenvalue weighted by molar-refractivity contribution is -0.188. The fourth-order valence-corrected chi connectivity index (χ4v) is 3.52. The molecule has 0 radical (unpaired) electrons. The standard InChI is InChI=1S/C17H21BF3NO3/c1-14(2)15(3,4)25-18(24-14)10-16(17(19,20)21)11-8-6-7-9-12(11)22(5)13(16)23/h6-9H,10H2,1-5H3/t16-/m0/s1. The fourth-order valence-electron chi connectivity index (χ4n) is 3.52. The topological polar surface area (TPSA) is 38.8 Å². The van der Waals surface area contributed by atoms with Gasteiger partial charge >= 0.3 is 13.3 Å². The summed E-state index contributed by atoms with van der Waals surface area (Å²) in [4.78, 5) is 13.8. The maximum atomic E-state index is 14.2. The highest BCUT2D eigenvalue weighted by atomic mass is 19.4. The zero-order chi connectivity index (χ0) is 18.8. The van der Waals surface area contributed by atoms with E-state index in [2.05, 4.69) is 0 Å². The van der Waals surface area contributed by atoms with E-state index in [4.69, 9.17) is 9.31 Å². The van der Waals surface area contributed by atoms with E-state index in [1.54, 1.807) is 33.8 Å². The molecule has 2 aliphatic rings. The average Bonchev–Trinajstić information content (AvgIpc) is 2.81. The maximum Gasteiger partial charge on any atom is 0.459 e. The average molecular weight is 355 g/mol. The number of benzene rings is 1. The molecule has 1 fully saturated rings. The highest BCUT2D eigenvalue weighted by Gasteiger charge is 2.69. The lowest BCUT2D eigenvalue weighted by atomic mass is 9.64. The first-order chi connectivity index (χ1) is 11.3. The van der Waals surface area contributed by atoms with Gasteiger partial charge in [-0.15, -0.1) is 0 Å². The third-order valence-corrected chi connectivity index (χ3v) is 5.65. The lowest BCUT2D eigenvalue weighted by Gasteiger charge is -2.32. The van der Waals surface area contributed by atoms with Crippen LogP contribution in [0.4, 0.5) is 18.9 Å². The molecule has 0 N–H and O–H groups in total. The van der Waals surface area contributed by atoms with E-state index in [0.29, 0.717) is 0 Å². The molecular formula is C17H21BF3NO3. The molecule has 0 aromatic heterocycles. The Labute approximate surface area is 145 Å². The minimum absolute atomic E-state index is 0.0512. The summed E-state index contributed by atoms with van der Waals surface area (Å²) in [7, 11) is 0.231. The van der Waals surface area contributed by atoms with E-state index >= 15 is 0 Å². The van der Waals surface area contributed by atoms with E-state index in [-0.39, 0.29) is 11.3 Å². The number of hydrogen-bond acceptors (Lipinski definition) is 3. The Morgan fingerprint density at radius 1 is 1.08 bits per heavy atom. The zero-order valence-electron chi connectivity index (χ0n) is 14.9. The fraction of sp³-hybridized carbons (Fsp3) is 0.588. The summed E-state index contributed by atoms with van der Waals surface area (Å²) >= 11 is 0. The first kappa shape index (κ1) is 18.3. The Kier molecular flexibility index (Phi) is 3.82. The summed E-state index contributed by atoms with van der Waals surface area (Å²) in [6.07, 6.45) is -5.38. The Morgan fingerprint density at radius 2 is 1.60 bits per heavy atom. The maximum absolute atomic E-state index is 14.2. The van der Waals surface area contributed by atoms with Gasteiger partial charge in [-0.3, -0.25) is 4.79 Å². The summed E-state index contributed by atoms with van der Waals surface area (Å²) in [6.45, 7) is 7.07. The number of halogens is 3. The molecule has 1 saturated heterocycles. The van der Waals surface area contributed by atoms with Crippen LogP contribution in [-0.2, 0) is 19.5 Å². The van der Waals surface area contributed by atoms with Crippen LogP contribution in [0.25, 0.3) is 0 Å². The Balaban J connectivity index is 2.08. The third kappa shape index (κ3) is 2.41. The summed E-state index contributed by atoms with van der Waals surface area (Å²) in [5.74, 6) is -1.00. The number of nitrogens with zero attached hydrogens (tertiary/aromatic N) is 1.